The van der Waals surface area contributed by atoms with E-state index in [0.29, 0.717) is 32.6 Å². The van der Waals surface area contributed by atoms with E-state index in [1.165, 1.54) is 29.5 Å². The third-order valence-electron chi connectivity index (χ3n) is 5.03. The minimum atomic E-state index is -0.207. The Morgan fingerprint density at radius 1 is 1.10 bits per heavy atom. The van der Waals surface area contributed by atoms with E-state index in [1.54, 1.807) is 0 Å². The van der Waals surface area contributed by atoms with Gasteiger partial charge in [0.2, 0.25) is 5.91 Å². The standard InChI is InChI=1S/C21H19Cl3N4OS/c1-2-28-20(14-8-13(14)12-6-4-3-5-7-12)26-27-21(28)30-11-19(29)25-18-10-16(23)15(22)9-17(18)24/h3-7,9-10,13-14H,2,8,11H2,1H3,(H,25,29). The summed E-state index contributed by atoms with van der Waals surface area (Å²) in [6.45, 7) is 2.81. The highest BCUT2D eigenvalue weighted by Gasteiger charge is 2.43. The SMILES string of the molecule is CCn1c(SCC(=O)Nc2cc(Cl)c(Cl)cc2Cl)nnc1C1CC1c1ccccc1. The van der Waals surface area contributed by atoms with Crippen molar-refractivity contribution in [3.05, 3.63) is 68.9 Å². The van der Waals surface area contributed by atoms with Crippen LogP contribution >= 0.6 is 46.6 Å². The molecule has 0 bridgehead atoms. The van der Waals surface area contributed by atoms with Crippen LogP contribution in [0.15, 0.2) is 47.6 Å². The number of thioether (sulfide) groups is 1. The number of hydrogen-bond donors (Lipinski definition) is 1. The van der Waals surface area contributed by atoms with Gasteiger partial charge in [-0.25, -0.2) is 0 Å². The minimum absolute atomic E-state index is 0.182. The Balaban J connectivity index is 1.40. The van der Waals surface area contributed by atoms with Crippen LogP contribution in [0.5, 0.6) is 0 Å². The fraction of sp³-hybridized carbons (Fsp3) is 0.286. The number of nitrogens with zero attached hydrogens (tertiary/aromatic N) is 3. The smallest absolute Gasteiger partial charge is 0.234 e. The van der Waals surface area contributed by atoms with E-state index in [9.17, 15) is 4.79 Å². The second-order valence-corrected chi connectivity index (χ2v) is 9.19. The Morgan fingerprint density at radius 2 is 1.83 bits per heavy atom. The molecule has 1 amide bonds. The highest BCUT2D eigenvalue weighted by atomic mass is 35.5. The summed E-state index contributed by atoms with van der Waals surface area (Å²) in [6, 6.07) is 13.5. The normalized spacial score (nSPS) is 17.7. The summed E-state index contributed by atoms with van der Waals surface area (Å²) in [4.78, 5) is 12.4. The maximum atomic E-state index is 12.4. The molecule has 9 heteroatoms. The zero-order valence-electron chi connectivity index (χ0n) is 16.1. The lowest BCUT2D eigenvalue weighted by Crippen LogP contribution is -2.15. The summed E-state index contributed by atoms with van der Waals surface area (Å²) in [5.41, 5.74) is 1.76. The van der Waals surface area contributed by atoms with E-state index in [-0.39, 0.29) is 11.7 Å². The summed E-state index contributed by atoms with van der Waals surface area (Å²) in [7, 11) is 0. The highest BCUT2D eigenvalue weighted by Crippen LogP contribution is 2.54. The Bertz CT molecular complexity index is 1070. The molecule has 0 spiro atoms. The Hall–Kier alpha value is -1.73. The first-order chi connectivity index (χ1) is 14.5. The number of anilines is 1. The van der Waals surface area contributed by atoms with Gasteiger partial charge in [0.1, 0.15) is 5.82 Å². The summed E-state index contributed by atoms with van der Waals surface area (Å²) in [5.74, 6) is 1.82. The average Bonchev–Trinajstić information content (AvgIpc) is 3.43. The number of rotatable bonds is 7. The minimum Gasteiger partial charge on any atom is -0.324 e. The van der Waals surface area contributed by atoms with Gasteiger partial charge in [-0.15, -0.1) is 10.2 Å². The molecule has 1 aliphatic rings. The molecule has 1 N–H and O–H groups in total. The molecule has 0 aliphatic heterocycles. The van der Waals surface area contributed by atoms with Gasteiger partial charge in [-0.05, 0) is 37.0 Å². The average molecular weight is 482 g/mol. The van der Waals surface area contributed by atoms with Crippen molar-refractivity contribution >= 4 is 58.2 Å². The maximum Gasteiger partial charge on any atom is 0.234 e. The highest BCUT2D eigenvalue weighted by molar-refractivity contribution is 7.99. The topological polar surface area (TPSA) is 59.8 Å². The second kappa shape index (κ2) is 9.18. The van der Waals surface area contributed by atoms with Gasteiger partial charge in [0.15, 0.2) is 5.16 Å². The molecule has 1 aliphatic carbocycles. The van der Waals surface area contributed by atoms with Crippen LogP contribution in [0.2, 0.25) is 15.1 Å². The quantitative estimate of drug-likeness (QED) is 0.319. The van der Waals surface area contributed by atoms with Gasteiger partial charge in [-0.3, -0.25) is 4.79 Å². The first-order valence-corrected chi connectivity index (χ1v) is 11.6. The molecule has 0 saturated heterocycles. The van der Waals surface area contributed by atoms with Crippen LogP contribution in [0.1, 0.15) is 36.6 Å². The summed E-state index contributed by atoms with van der Waals surface area (Å²) >= 11 is 19.4. The number of carbonyl (C=O) groups is 1. The first kappa shape index (κ1) is 21.5. The molecular formula is C21H19Cl3N4OS. The number of benzene rings is 2. The van der Waals surface area contributed by atoms with Crippen LogP contribution in [0, 0.1) is 0 Å². The lowest BCUT2D eigenvalue weighted by atomic mass is 10.1. The second-order valence-electron chi connectivity index (χ2n) is 7.03. The van der Waals surface area contributed by atoms with Crippen LogP contribution < -0.4 is 5.32 Å². The molecule has 3 aromatic rings. The van der Waals surface area contributed by atoms with Crippen LogP contribution in [-0.4, -0.2) is 26.4 Å². The molecule has 2 atom stereocenters. The largest absolute Gasteiger partial charge is 0.324 e. The molecule has 1 heterocycles. The molecule has 1 fully saturated rings. The summed E-state index contributed by atoms with van der Waals surface area (Å²) in [6.07, 6.45) is 1.07. The Kier molecular flexibility index (Phi) is 6.58. The molecule has 1 saturated carbocycles. The van der Waals surface area contributed by atoms with Crippen LogP contribution in [0.25, 0.3) is 0 Å². The van der Waals surface area contributed by atoms with Gasteiger partial charge in [-0.1, -0.05) is 76.9 Å². The zero-order valence-corrected chi connectivity index (χ0v) is 19.2. The summed E-state index contributed by atoms with van der Waals surface area (Å²) in [5, 5.41) is 13.3. The fourth-order valence-corrected chi connectivity index (χ4v) is 4.87. The van der Waals surface area contributed by atoms with E-state index in [2.05, 4.69) is 51.3 Å². The van der Waals surface area contributed by atoms with E-state index in [0.717, 1.165) is 23.9 Å². The Morgan fingerprint density at radius 3 is 2.57 bits per heavy atom. The molecule has 1 aromatic heterocycles. The maximum absolute atomic E-state index is 12.4. The molecule has 156 valence electrons. The lowest BCUT2D eigenvalue weighted by molar-refractivity contribution is -0.113. The van der Waals surface area contributed by atoms with Crippen LogP contribution in [0.3, 0.4) is 0 Å². The third kappa shape index (κ3) is 4.62. The van der Waals surface area contributed by atoms with Crippen molar-refractivity contribution in [2.45, 2.75) is 36.9 Å². The number of nitrogens with one attached hydrogen (secondary N) is 1. The molecule has 5 nitrogen and oxygen atoms in total. The van der Waals surface area contributed by atoms with E-state index in [1.807, 2.05) is 6.07 Å². The molecule has 4 rings (SSSR count). The van der Waals surface area contributed by atoms with E-state index >= 15 is 0 Å². The van der Waals surface area contributed by atoms with Gasteiger partial charge in [-0.2, -0.15) is 0 Å². The van der Waals surface area contributed by atoms with Crippen molar-refractivity contribution in [2.75, 3.05) is 11.1 Å². The Labute approximate surface area is 194 Å². The number of aromatic nitrogens is 3. The zero-order chi connectivity index (χ0) is 21.3. The molecular weight excluding hydrogens is 463 g/mol. The van der Waals surface area contributed by atoms with Crippen molar-refractivity contribution in [3.8, 4) is 0 Å². The van der Waals surface area contributed by atoms with Gasteiger partial charge in [0.05, 0.1) is 26.5 Å². The lowest BCUT2D eigenvalue weighted by Gasteiger charge is -2.09. The van der Waals surface area contributed by atoms with E-state index < -0.39 is 0 Å². The predicted octanol–water partition coefficient (Wildman–Crippen LogP) is 6.26. The molecule has 0 radical (unpaired) electrons. The number of hydrogen-bond acceptors (Lipinski definition) is 4. The van der Waals surface area contributed by atoms with Crippen molar-refractivity contribution in [1.29, 1.82) is 0 Å². The molecule has 2 aromatic carbocycles. The summed E-state index contributed by atoms with van der Waals surface area (Å²) < 4.78 is 2.09. The van der Waals surface area contributed by atoms with Gasteiger partial charge in [0, 0.05) is 12.5 Å². The van der Waals surface area contributed by atoms with Gasteiger partial charge in [0.25, 0.3) is 0 Å². The van der Waals surface area contributed by atoms with Crippen LogP contribution in [-0.2, 0) is 11.3 Å². The van der Waals surface area contributed by atoms with Crippen molar-refractivity contribution in [2.24, 2.45) is 0 Å². The van der Waals surface area contributed by atoms with Crippen molar-refractivity contribution in [1.82, 2.24) is 14.8 Å². The first-order valence-electron chi connectivity index (χ1n) is 9.53. The molecule has 2 unspecified atom stereocenters. The predicted molar refractivity (Wildman–Crippen MR) is 123 cm³/mol. The number of carbonyl (C=O) groups excluding carboxylic acids is 1. The van der Waals surface area contributed by atoms with Crippen molar-refractivity contribution < 1.29 is 4.79 Å². The van der Waals surface area contributed by atoms with Gasteiger partial charge >= 0.3 is 0 Å². The number of amides is 1. The fourth-order valence-electron chi connectivity index (χ4n) is 3.46. The number of halogens is 3. The third-order valence-corrected chi connectivity index (χ3v) is 7.03. The van der Waals surface area contributed by atoms with Crippen molar-refractivity contribution in [3.63, 3.8) is 0 Å². The van der Waals surface area contributed by atoms with E-state index in [4.69, 9.17) is 34.8 Å². The molecule has 30 heavy (non-hydrogen) atoms. The van der Waals surface area contributed by atoms with Gasteiger partial charge < -0.3 is 9.88 Å². The monoisotopic (exact) mass is 480 g/mol. The van der Waals surface area contributed by atoms with Crippen LogP contribution in [0.4, 0.5) is 5.69 Å².